The Morgan fingerprint density at radius 3 is 2.55 bits per heavy atom. The van der Waals surface area contributed by atoms with Crippen LogP contribution in [0.4, 0.5) is 5.69 Å². The topological polar surface area (TPSA) is 35.2 Å². The van der Waals surface area contributed by atoms with Gasteiger partial charge in [0.1, 0.15) is 5.75 Å². The summed E-state index contributed by atoms with van der Waals surface area (Å²) < 4.78 is 6.03. The molecule has 0 heterocycles. The number of methoxy groups -OCH3 is 1. The summed E-state index contributed by atoms with van der Waals surface area (Å²) in [4.78, 5) is 0. The molecular formula is C8H10BrNO. The second-order valence-electron chi connectivity index (χ2n) is 2.35. The van der Waals surface area contributed by atoms with Crippen molar-refractivity contribution < 1.29 is 4.74 Å². The van der Waals surface area contributed by atoms with E-state index in [0.29, 0.717) is 0 Å². The molecule has 0 saturated heterocycles. The van der Waals surface area contributed by atoms with Gasteiger partial charge in [-0.2, -0.15) is 0 Å². The van der Waals surface area contributed by atoms with Gasteiger partial charge >= 0.3 is 0 Å². The molecule has 0 aliphatic carbocycles. The van der Waals surface area contributed by atoms with Gasteiger partial charge in [0.2, 0.25) is 0 Å². The summed E-state index contributed by atoms with van der Waals surface area (Å²) >= 11 is 3.35. The first-order chi connectivity index (χ1) is 5.15. The number of hydrogen-bond donors (Lipinski definition) is 1. The largest absolute Gasteiger partial charge is 0.495 e. The quantitative estimate of drug-likeness (QED) is 0.731. The third-order valence-electron chi connectivity index (χ3n) is 1.46. The molecule has 0 amide bonds. The highest BCUT2D eigenvalue weighted by molar-refractivity contribution is 9.10. The number of halogens is 1. The van der Waals surface area contributed by atoms with E-state index in [9.17, 15) is 0 Å². The fourth-order valence-electron chi connectivity index (χ4n) is 1.02. The van der Waals surface area contributed by atoms with Gasteiger partial charge < -0.3 is 10.5 Å². The van der Waals surface area contributed by atoms with Crippen LogP contribution in [0.1, 0.15) is 5.56 Å². The molecule has 1 aromatic carbocycles. The van der Waals surface area contributed by atoms with Crippen molar-refractivity contribution in [3.8, 4) is 5.75 Å². The van der Waals surface area contributed by atoms with Crippen molar-refractivity contribution >= 4 is 21.6 Å². The summed E-state index contributed by atoms with van der Waals surface area (Å²) in [5.41, 5.74) is 7.38. The molecule has 0 aromatic heterocycles. The Bertz CT molecular complexity index is 250. The number of benzene rings is 1. The fraction of sp³-hybridized carbons (Fsp3) is 0.250. The van der Waals surface area contributed by atoms with E-state index in [4.69, 9.17) is 10.5 Å². The van der Waals surface area contributed by atoms with Crippen LogP contribution in [0.2, 0.25) is 0 Å². The Morgan fingerprint density at radius 2 is 2.09 bits per heavy atom. The molecular weight excluding hydrogens is 206 g/mol. The van der Waals surface area contributed by atoms with E-state index in [1.807, 2.05) is 19.1 Å². The van der Waals surface area contributed by atoms with Crippen LogP contribution in [0.15, 0.2) is 16.6 Å². The number of hydrogen-bond acceptors (Lipinski definition) is 2. The average Bonchev–Trinajstić information content (AvgIpc) is 1.85. The van der Waals surface area contributed by atoms with Crippen molar-refractivity contribution in [2.45, 2.75) is 6.92 Å². The molecule has 0 radical (unpaired) electrons. The van der Waals surface area contributed by atoms with Crippen molar-refractivity contribution in [2.24, 2.45) is 0 Å². The standard InChI is InChI=1S/C8H10BrNO/c1-5-3-6(10)4-7(9)8(5)11-2/h3-4H,10H2,1-2H3. The van der Waals surface area contributed by atoms with Crippen molar-refractivity contribution in [2.75, 3.05) is 12.8 Å². The number of ether oxygens (including phenoxy) is 1. The molecule has 0 spiro atoms. The highest BCUT2D eigenvalue weighted by Crippen LogP contribution is 2.30. The Morgan fingerprint density at radius 1 is 1.45 bits per heavy atom. The Balaban J connectivity index is 3.25. The lowest BCUT2D eigenvalue weighted by molar-refractivity contribution is 0.409. The SMILES string of the molecule is COc1c(C)cc(N)cc1Br. The number of rotatable bonds is 1. The Kier molecular flexibility index (Phi) is 2.39. The second-order valence-corrected chi connectivity index (χ2v) is 3.21. The summed E-state index contributed by atoms with van der Waals surface area (Å²) in [7, 11) is 1.64. The van der Waals surface area contributed by atoms with Crippen LogP contribution in [0.5, 0.6) is 5.75 Å². The molecule has 2 N–H and O–H groups in total. The zero-order chi connectivity index (χ0) is 8.43. The van der Waals surface area contributed by atoms with Crippen molar-refractivity contribution in [1.29, 1.82) is 0 Å². The van der Waals surface area contributed by atoms with Gasteiger partial charge in [-0.25, -0.2) is 0 Å². The maximum Gasteiger partial charge on any atom is 0.136 e. The molecule has 1 aromatic rings. The first-order valence-corrected chi connectivity index (χ1v) is 4.04. The van der Waals surface area contributed by atoms with Gasteiger partial charge in [-0.15, -0.1) is 0 Å². The third-order valence-corrected chi connectivity index (χ3v) is 2.04. The zero-order valence-corrected chi connectivity index (χ0v) is 8.10. The lowest BCUT2D eigenvalue weighted by Crippen LogP contribution is -1.91. The molecule has 11 heavy (non-hydrogen) atoms. The third kappa shape index (κ3) is 1.66. The number of nitrogen functional groups attached to an aromatic ring is 1. The van der Waals surface area contributed by atoms with E-state index < -0.39 is 0 Å². The van der Waals surface area contributed by atoms with Gasteiger partial charge in [-0.1, -0.05) is 0 Å². The van der Waals surface area contributed by atoms with Crippen LogP contribution in [-0.2, 0) is 0 Å². The smallest absolute Gasteiger partial charge is 0.136 e. The summed E-state index contributed by atoms with van der Waals surface area (Å²) in [6.45, 7) is 1.96. The molecule has 0 unspecified atom stereocenters. The first kappa shape index (κ1) is 8.40. The van der Waals surface area contributed by atoms with E-state index in [-0.39, 0.29) is 0 Å². The summed E-state index contributed by atoms with van der Waals surface area (Å²) in [5, 5.41) is 0. The first-order valence-electron chi connectivity index (χ1n) is 3.24. The Hall–Kier alpha value is -0.700. The molecule has 0 saturated carbocycles. The van der Waals surface area contributed by atoms with Crippen molar-refractivity contribution in [3.05, 3.63) is 22.2 Å². The van der Waals surface area contributed by atoms with Crippen LogP contribution in [0.3, 0.4) is 0 Å². The van der Waals surface area contributed by atoms with E-state index in [2.05, 4.69) is 15.9 Å². The minimum absolute atomic E-state index is 0.746. The van der Waals surface area contributed by atoms with Crippen LogP contribution in [-0.4, -0.2) is 7.11 Å². The summed E-state index contributed by atoms with van der Waals surface area (Å²) in [5.74, 6) is 0.846. The molecule has 0 aliphatic rings. The minimum Gasteiger partial charge on any atom is -0.495 e. The van der Waals surface area contributed by atoms with Gasteiger partial charge in [0.25, 0.3) is 0 Å². The summed E-state index contributed by atoms with van der Waals surface area (Å²) in [6, 6.07) is 3.70. The van der Waals surface area contributed by atoms with Gasteiger partial charge in [0.05, 0.1) is 11.6 Å². The van der Waals surface area contributed by atoms with E-state index in [1.165, 1.54) is 0 Å². The van der Waals surface area contributed by atoms with Crippen LogP contribution >= 0.6 is 15.9 Å². The highest BCUT2D eigenvalue weighted by Gasteiger charge is 2.03. The minimum atomic E-state index is 0.746. The maximum absolute atomic E-state index is 5.60. The highest BCUT2D eigenvalue weighted by atomic mass is 79.9. The molecule has 0 bridgehead atoms. The van der Waals surface area contributed by atoms with Gasteiger partial charge in [0.15, 0.2) is 0 Å². The molecule has 60 valence electrons. The maximum atomic E-state index is 5.60. The lowest BCUT2D eigenvalue weighted by atomic mass is 10.2. The molecule has 3 heteroatoms. The molecule has 2 nitrogen and oxygen atoms in total. The van der Waals surface area contributed by atoms with Crippen molar-refractivity contribution in [1.82, 2.24) is 0 Å². The predicted octanol–water partition coefficient (Wildman–Crippen LogP) is 2.35. The molecule has 0 aliphatic heterocycles. The van der Waals surface area contributed by atoms with Crippen LogP contribution < -0.4 is 10.5 Å². The normalized spacial score (nSPS) is 9.73. The van der Waals surface area contributed by atoms with Gasteiger partial charge in [0, 0.05) is 5.69 Å². The van der Waals surface area contributed by atoms with Gasteiger partial charge in [-0.3, -0.25) is 0 Å². The van der Waals surface area contributed by atoms with Crippen molar-refractivity contribution in [3.63, 3.8) is 0 Å². The van der Waals surface area contributed by atoms with E-state index in [0.717, 1.165) is 21.5 Å². The number of anilines is 1. The summed E-state index contributed by atoms with van der Waals surface area (Å²) in [6.07, 6.45) is 0. The molecule has 0 atom stereocenters. The van der Waals surface area contributed by atoms with Crippen LogP contribution in [0, 0.1) is 6.92 Å². The predicted molar refractivity (Wildman–Crippen MR) is 49.8 cm³/mol. The fourth-order valence-corrected chi connectivity index (χ4v) is 1.75. The molecule has 1 rings (SSSR count). The van der Waals surface area contributed by atoms with Crippen LogP contribution in [0.25, 0.3) is 0 Å². The second kappa shape index (κ2) is 3.13. The zero-order valence-electron chi connectivity index (χ0n) is 6.52. The van der Waals surface area contributed by atoms with E-state index in [1.54, 1.807) is 7.11 Å². The number of nitrogens with two attached hydrogens (primary N) is 1. The Labute approximate surface area is 74.5 Å². The van der Waals surface area contributed by atoms with Gasteiger partial charge in [-0.05, 0) is 40.5 Å². The average molecular weight is 216 g/mol. The van der Waals surface area contributed by atoms with E-state index >= 15 is 0 Å². The lowest BCUT2D eigenvalue weighted by Gasteiger charge is -2.07. The molecule has 0 fully saturated rings. The number of aryl methyl sites for hydroxylation is 1. The monoisotopic (exact) mass is 215 g/mol.